The molecule has 0 radical (unpaired) electrons. The van der Waals surface area contributed by atoms with E-state index in [1.165, 1.54) is 4.68 Å². The number of methoxy groups -OCH3 is 1. The Morgan fingerprint density at radius 1 is 1.69 bits per heavy atom. The molecule has 0 aliphatic heterocycles. The van der Waals surface area contributed by atoms with Crippen LogP contribution in [0.5, 0.6) is 0 Å². The first kappa shape index (κ1) is 13.0. The van der Waals surface area contributed by atoms with E-state index in [1.54, 1.807) is 20.4 Å². The standard InChI is InChI=1S/C10H16ClN3O2/c1-4-7(6-16-3)13-8-5-12-14(2)10(15)9(8)11/h5,7,13H,4,6H2,1-3H3. The third-order valence-corrected chi connectivity index (χ3v) is 2.66. The summed E-state index contributed by atoms with van der Waals surface area (Å²) in [6.45, 7) is 2.58. The molecule has 6 heteroatoms. The fourth-order valence-electron chi connectivity index (χ4n) is 1.29. The van der Waals surface area contributed by atoms with Gasteiger partial charge >= 0.3 is 0 Å². The predicted octanol–water partition coefficient (Wildman–Crippen LogP) is 1.27. The van der Waals surface area contributed by atoms with Crippen molar-refractivity contribution < 1.29 is 4.74 Å². The zero-order chi connectivity index (χ0) is 12.1. The molecule has 1 rings (SSSR count). The van der Waals surface area contributed by atoms with Gasteiger partial charge in [0.1, 0.15) is 5.02 Å². The van der Waals surface area contributed by atoms with Crippen molar-refractivity contribution in [1.82, 2.24) is 9.78 Å². The number of anilines is 1. The third kappa shape index (κ3) is 2.96. The molecule has 0 spiro atoms. The smallest absolute Gasteiger partial charge is 0.287 e. The summed E-state index contributed by atoms with van der Waals surface area (Å²) in [4.78, 5) is 11.5. The molecule has 5 nitrogen and oxygen atoms in total. The Kier molecular flexibility index (Phi) is 4.76. The van der Waals surface area contributed by atoms with Gasteiger partial charge in [-0.1, -0.05) is 18.5 Å². The lowest BCUT2D eigenvalue weighted by Gasteiger charge is -2.17. The van der Waals surface area contributed by atoms with Gasteiger partial charge in [0.15, 0.2) is 0 Å². The Bertz CT molecular complexity index is 406. The summed E-state index contributed by atoms with van der Waals surface area (Å²) < 4.78 is 6.25. The van der Waals surface area contributed by atoms with Crippen LogP contribution in [0.25, 0.3) is 0 Å². The van der Waals surface area contributed by atoms with E-state index in [4.69, 9.17) is 16.3 Å². The van der Waals surface area contributed by atoms with E-state index in [1.807, 2.05) is 6.92 Å². The van der Waals surface area contributed by atoms with Crippen molar-refractivity contribution in [2.75, 3.05) is 19.0 Å². The SMILES string of the molecule is CCC(COC)Nc1cnn(C)c(=O)c1Cl. The zero-order valence-electron chi connectivity index (χ0n) is 9.66. The van der Waals surface area contributed by atoms with Gasteiger partial charge in [0.25, 0.3) is 5.56 Å². The van der Waals surface area contributed by atoms with Gasteiger partial charge in [0.2, 0.25) is 0 Å². The average molecular weight is 246 g/mol. The molecular formula is C10H16ClN3O2. The Morgan fingerprint density at radius 3 is 2.94 bits per heavy atom. The Morgan fingerprint density at radius 2 is 2.38 bits per heavy atom. The van der Waals surface area contributed by atoms with Crippen molar-refractivity contribution in [1.29, 1.82) is 0 Å². The average Bonchev–Trinajstić information content (AvgIpc) is 2.29. The molecule has 0 aliphatic carbocycles. The highest BCUT2D eigenvalue weighted by molar-refractivity contribution is 6.32. The molecule has 0 aliphatic rings. The Balaban J connectivity index is 2.89. The van der Waals surface area contributed by atoms with Crippen molar-refractivity contribution in [2.45, 2.75) is 19.4 Å². The maximum absolute atomic E-state index is 11.5. The molecule has 0 saturated heterocycles. The van der Waals surface area contributed by atoms with Crippen LogP contribution >= 0.6 is 11.6 Å². The van der Waals surface area contributed by atoms with E-state index in [2.05, 4.69) is 10.4 Å². The summed E-state index contributed by atoms with van der Waals surface area (Å²) in [5.41, 5.74) is 0.243. The fourth-order valence-corrected chi connectivity index (χ4v) is 1.52. The number of nitrogens with one attached hydrogen (secondary N) is 1. The Hall–Kier alpha value is -1.07. The van der Waals surface area contributed by atoms with E-state index >= 15 is 0 Å². The summed E-state index contributed by atoms with van der Waals surface area (Å²) in [5.74, 6) is 0. The van der Waals surface area contributed by atoms with Gasteiger partial charge in [-0.15, -0.1) is 0 Å². The molecule has 0 amide bonds. The number of ether oxygens (including phenoxy) is 1. The monoisotopic (exact) mass is 245 g/mol. The number of halogens is 1. The van der Waals surface area contributed by atoms with Crippen LogP contribution in [0.4, 0.5) is 5.69 Å². The number of rotatable bonds is 5. The molecule has 1 aromatic heterocycles. The summed E-state index contributed by atoms with van der Waals surface area (Å²) in [6, 6.07) is 0.122. The van der Waals surface area contributed by atoms with Gasteiger partial charge in [-0.25, -0.2) is 4.68 Å². The molecule has 1 atom stereocenters. The molecule has 0 aromatic carbocycles. The first-order valence-corrected chi connectivity index (χ1v) is 5.45. The molecule has 16 heavy (non-hydrogen) atoms. The van der Waals surface area contributed by atoms with Gasteiger partial charge in [-0.2, -0.15) is 5.10 Å². The van der Waals surface area contributed by atoms with Gasteiger partial charge in [0.05, 0.1) is 18.5 Å². The molecule has 0 fully saturated rings. The fraction of sp³-hybridized carbons (Fsp3) is 0.600. The minimum absolute atomic E-state index is 0.122. The maximum Gasteiger partial charge on any atom is 0.287 e. The van der Waals surface area contributed by atoms with Crippen molar-refractivity contribution in [3.63, 3.8) is 0 Å². The first-order valence-electron chi connectivity index (χ1n) is 5.07. The highest BCUT2D eigenvalue weighted by Crippen LogP contribution is 2.16. The number of aromatic nitrogens is 2. The Labute approximate surface area is 99.4 Å². The summed E-state index contributed by atoms with van der Waals surface area (Å²) >= 11 is 5.92. The normalized spacial score (nSPS) is 12.5. The van der Waals surface area contributed by atoms with Crippen LogP contribution in [0, 0.1) is 0 Å². The van der Waals surface area contributed by atoms with Crippen LogP contribution in [0.3, 0.4) is 0 Å². The molecule has 1 unspecified atom stereocenters. The minimum Gasteiger partial charge on any atom is -0.383 e. The zero-order valence-corrected chi connectivity index (χ0v) is 10.4. The second-order valence-electron chi connectivity index (χ2n) is 3.51. The molecule has 1 heterocycles. The quantitative estimate of drug-likeness (QED) is 0.849. The van der Waals surface area contributed by atoms with E-state index in [-0.39, 0.29) is 16.6 Å². The largest absolute Gasteiger partial charge is 0.383 e. The summed E-state index contributed by atoms with van der Waals surface area (Å²) in [5, 5.41) is 7.20. The number of nitrogens with zero attached hydrogens (tertiary/aromatic N) is 2. The minimum atomic E-state index is -0.307. The van der Waals surface area contributed by atoms with Gasteiger partial charge in [-0.3, -0.25) is 4.79 Å². The number of aryl methyl sites for hydroxylation is 1. The maximum atomic E-state index is 11.5. The highest BCUT2D eigenvalue weighted by Gasteiger charge is 2.11. The third-order valence-electron chi connectivity index (χ3n) is 2.30. The topological polar surface area (TPSA) is 56.1 Å². The lowest BCUT2D eigenvalue weighted by atomic mass is 10.2. The van der Waals surface area contributed by atoms with Crippen LogP contribution in [-0.4, -0.2) is 29.5 Å². The molecule has 1 N–H and O–H groups in total. The van der Waals surface area contributed by atoms with Gasteiger partial charge < -0.3 is 10.1 Å². The van der Waals surface area contributed by atoms with Crippen LogP contribution in [0.2, 0.25) is 5.02 Å². The van der Waals surface area contributed by atoms with Gasteiger partial charge in [0, 0.05) is 20.2 Å². The molecule has 1 aromatic rings. The van der Waals surface area contributed by atoms with E-state index < -0.39 is 0 Å². The molecule has 0 saturated carbocycles. The second kappa shape index (κ2) is 5.86. The van der Waals surface area contributed by atoms with Crippen molar-refractivity contribution in [2.24, 2.45) is 7.05 Å². The van der Waals surface area contributed by atoms with Crippen LogP contribution in [-0.2, 0) is 11.8 Å². The van der Waals surface area contributed by atoms with Crippen molar-refractivity contribution >= 4 is 17.3 Å². The first-order chi connectivity index (χ1) is 7.60. The predicted molar refractivity (Wildman–Crippen MR) is 64.1 cm³/mol. The van der Waals surface area contributed by atoms with E-state index in [0.29, 0.717) is 12.3 Å². The number of hydrogen-bond acceptors (Lipinski definition) is 4. The van der Waals surface area contributed by atoms with Gasteiger partial charge in [-0.05, 0) is 6.42 Å². The van der Waals surface area contributed by atoms with Crippen molar-refractivity contribution in [3.8, 4) is 0 Å². The van der Waals surface area contributed by atoms with Crippen molar-refractivity contribution in [3.05, 3.63) is 21.6 Å². The van der Waals surface area contributed by atoms with Crippen LogP contribution in [0.15, 0.2) is 11.0 Å². The summed E-state index contributed by atoms with van der Waals surface area (Å²) in [7, 11) is 3.19. The lowest BCUT2D eigenvalue weighted by molar-refractivity contribution is 0.184. The van der Waals surface area contributed by atoms with E-state index in [0.717, 1.165) is 6.42 Å². The molecule has 90 valence electrons. The highest BCUT2D eigenvalue weighted by atomic mass is 35.5. The lowest BCUT2D eigenvalue weighted by Crippen LogP contribution is -2.27. The van der Waals surface area contributed by atoms with Crippen LogP contribution in [0.1, 0.15) is 13.3 Å². The summed E-state index contributed by atoms with van der Waals surface area (Å²) in [6.07, 6.45) is 2.42. The molecule has 0 bridgehead atoms. The molecular weight excluding hydrogens is 230 g/mol. The van der Waals surface area contributed by atoms with E-state index in [9.17, 15) is 4.79 Å². The van der Waals surface area contributed by atoms with Crippen LogP contribution < -0.4 is 10.9 Å². The number of hydrogen-bond donors (Lipinski definition) is 1. The second-order valence-corrected chi connectivity index (χ2v) is 3.88.